The lowest BCUT2D eigenvalue weighted by atomic mass is 9.95. The topological polar surface area (TPSA) is 84.9 Å². The minimum absolute atomic E-state index is 0.00229. The van der Waals surface area contributed by atoms with Gasteiger partial charge in [0.25, 0.3) is 0 Å². The number of nitrogens with zero attached hydrogens (tertiary/aromatic N) is 1. The molecule has 150 valence electrons. The highest BCUT2D eigenvalue weighted by molar-refractivity contribution is 7.92. The van der Waals surface area contributed by atoms with Crippen LogP contribution in [0.15, 0.2) is 18.2 Å². The highest BCUT2D eigenvalue weighted by Gasteiger charge is 2.21. The van der Waals surface area contributed by atoms with Crippen molar-refractivity contribution in [3.63, 3.8) is 0 Å². The number of rotatable bonds is 7. The number of carbonyl (C=O) groups excluding carboxylic acids is 1. The van der Waals surface area contributed by atoms with E-state index in [1.807, 2.05) is 0 Å². The van der Waals surface area contributed by atoms with Gasteiger partial charge in [-0.15, -0.1) is 0 Å². The third-order valence-corrected chi connectivity index (χ3v) is 6.14. The first kappa shape index (κ1) is 19.8. The number of hydrogen-bond donors (Lipinski definition) is 1. The van der Waals surface area contributed by atoms with Crippen LogP contribution in [0.4, 0.5) is 5.69 Å². The molecule has 1 aromatic carbocycles. The Morgan fingerprint density at radius 3 is 2.56 bits per heavy atom. The summed E-state index contributed by atoms with van der Waals surface area (Å²) < 4.78 is 36.8. The van der Waals surface area contributed by atoms with Crippen LogP contribution < -0.4 is 19.1 Å². The van der Waals surface area contributed by atoms with E-state index in [9.17, 15) is 13.2 Å². The fourth-order valence-corrected chi connectivity index (χ4v) is 4.56. The molecule has 0 radical (unpaired) electrons. The number of sulfonamides is 1. The molecule has 1 fully saturated rings. The molecule has 1 aliphatic heterocycles. The van der Waals surface area contributed by atoms with Crippen molar-refractivity contribution >= 4 is 21.6 Å². The van der Waals surface area contributed by atoms with Gasteiger partial charge in [0.1, 0.15) is 13.2 Å². The van der Waals surface area contributed by atoms with Crippen LogP contribution in [0.1, 0.15) is 44.9 Å². The standard InChI is InChI=1S/C19H28N2O5S/c1-27(23,24)21(16-9-10-17-18(14-16)26-13-12-25-17)11-5-8-19(22)20-15-6-3-2-4-7-15/h9-10,14-15H,2-8,11-13H2,1H3,(H,20,22). The minimum Gasteiger partial charge on any atom is -0.486 e. The zero-order valence-corrected chi connectivity index (χ0v) is 16.6. The Labute approximate surface area is 161 Å². The van der Waals surface area contributed by atoms with E-state index in [0.717, 1.165) is 25.7 Å². The van der Waals surface area contributed by atoms with E-state index in [1.54, 1.807) is 18.2 Å². The molecule has 7 nitrogen and oxygen atoms in total. The maximum atomic E-state index is 12.2. The third-order valence-electron chi connectivity index (χ3n) is 4.95. The van der Waals surface area contributed by atoms with Crippen LogP contribution in [-0.2, 0) is 14.8 Å². The van der Waals surface area contributed by atoms with Gasteiger partial charge in [-0.2, -0.15) is 0 Å². The van der Waals surface area contributed by atoms with E-state index in [2.05, 4.69) is 5.32 Å². The van der Waals surface area contributed by atoms with E-state index in [4.69, 9.17) is 9.47 Å². The predicted octanol–water partition coefficient (Wildman–Crippen LogP) is 2.45. The molecule has 0 unspecified atom stereocenters. The van der Waals surface area contributed by atoms with Crippen LogP contribution in [0, 0.1) is 0 Å². The van der Waals surface area contributed by atoms with Gasteiger partial charge in [-0.1, -0.05) is 19.3 Å². The summed E-state index contributed by atoms with van der Waals surface area (Å²) in [5.74, 6) is 1.16. The van der Waals surface area contributed by atoms with Crippen molar-refractivity contribution in [1.29, 1.82) is 0 Å². The number of carbonyl (C=O) groups is 1. The van der Waals surface area contributed by atoms with E-state index >= 15 is 0 Å². The number of fused-ring (bicyclic) bond motifs is 1. The predicted molar refractivity (Wildman–Crippen MR) is 104 cm³/mol. The molecule has 1 amide bonds. The van der Waals surface area contributed by atoms with Gasteiger partial charge in [0, 0.05) is 25.1 Å². The fourth-order valence-electron chi connectivity index (χ4n) is 3.60. The van der Waals surface area contributed by atoms with E-state index < -0.39 is 10.0 Å². The quantitative estimate of drug-likeness (QED) is 0.765. The smallest absolute Gasteiger partial charge is 0.232 e. The Morgan fingerprint density at radius 2 is 1.85 bits per heavy atom. The first-order valence-electron chi connectivity index (χ1n) is 9.60. The van der Waals surface area contributed by atoms with E-state index in [0.29, 0.717) is 43.2 Å². The summed E-state index contributed by atoms with van der Waals surface area (Å²) in [6, 6.07) is 5.38. The van der Waals surface area contributed by atoms with Crippen molar-refractivity contribution in [3.8, 4) is 11.5 Å². The van der Waals surface area contributed by atoms with Gasteiger partial charge in [0.05, 0.1) is 11.9 Å². The highest BCUT2D eigenvalue weighted by atomic mass is 32.2. The van der Waals surface area contributed by atoms with Crippen LogP contribution >= 0.6 is 0 Å². The number of amides is 1. The molecule has 0 spiro atoms. The molecule has 1 aromatic rings. The molecule has 0 atom stereocenters. The summed E-state index contributed by atoms with van der Waals surface area (Å²) in [5.41, 5.74) is 0.523. The molecule has 0 saturated heterocycles. The van der Waals surface area contributed by atoms with Crippen molar-refractivity contribution in [2.75, 3.05) is 30.3 Å². The van der Waals surface area contributed by atoms with Crippen molar-refractivity contribution in [3.05, 3.63) is 18.2 Å². The van der Waals surface area contributed by atoms with Crippen molar-refractivity contribution in [2.45, 2.75) is 51.0 Å². The summed E-state index contributed by atoms with van der Waals surface area (Å²) in [7, 11) is -3.46. The van der Waals surface area contributed by atoms with E-state index in [-0.39, 0.29) is 18.5 Å². The SMILES string of the molecule is CS(=O)(=O)N(CCCC(=O)NC1CCCCC1)c1ccc2c(c1)OCCO2. The molecular formula is C19H28N2O5S. The van der Waals surface area contributed by atoms with Crippen molar-refractivity contribution in [2.24, 2.45) is 0 Å². The maximum absolute atomic E-state index is 12.2. The van der Waals surface area contributed by atoms with Gasteiger partial charge >= 0.3 is 0 Å². The second-order valence-corrected chi connectivity index (χ2v) is 9.08. The Balaban J connectivity index is 1.58. The van der Waals surface area contributed by atoms with Gasteiger partial charge in [-0.05, 0) is 31.4 Å². The molecule has 8 heteroatoms. The molecule has 0 bridgehead atoms. The van der Waals surface area contributed by atoms with Gasteiger partial charge < -0.3 is 14.8 Å². The summed E-state index contributed by atoms with van der Waals surface area (Å²) >= 11 is 0. The number of benzene rings is 1. The first-order chi connectivity index (χ1) is 12.9. The Morgan fingerprint density at radius 1 is 1.15 bits per heavy atom. The summed E-state index contributed by atoms with van der Waals surface area (Å²) in [5, 5.41) is 3.07. The Hall–Kier alpha value is -1.96. The third kappa shape index (κ3) is 5.51. The van der Waals surface area contributed by atoms with Gasteiger partial charge in [0.2, 0.25) is 15.9 Å². The zero-order chi connectivity index (χ0) is 19.3. The lowest BCUT2D eigenvalue weighted by Gasteiger charge is -2.25. The van der Waals surface area contributed by atoms with Crippen LogP contribution in [0.3, 0.4) is 0 Å². The zero-order valence-electron chi connectivity index (χ0n) is 15.8. The van der Waals surface area contributed by atoms with Crippen molar-refractivity contribution < 1.29 is 22.7 Å². The normalized spacial score (nSPS) is 17.4. The molecule has 27 heavy (non-hydrogen) atoms. The highest BCUT2D eigenvalue weighted by Crippen LogP contribution is 2.34. The van der Waals surface area contributed by atoms with Gasteiger partial charge in [0.15, 0.2) is 11.5 Å². The van der Waals surface area contributed by atoms with Crippen molar-refractivity contribution in [1.82, 2.24) is 5.32 Å². The Kier molecular flexibility index (Phi) is 6.46. The van der Waals surface area contributed by atoms with Crippen LogP contribution in [0.5, 0.6) is 11.5 Å². The second kappa shape index (κ2) is 8.82. The maximum Gasteiger partial charge on any atom is 0.232 e. The summed E-state index contributed by atoms with van der Waals surface area (Å²) in [4.78, 5) is 12.2. The molecule has 1 N–H and O–H groups in total. The van der Waals surface area contributed by atoms with Crippen LogP contribution in [0.2, 0.25) is 0 Å². The molecular weight excluding hydrogens is 368 g/mol. The summed E-state index contributed by atoms with van der Waals surface area (Å²) in [6.07, 6.45) is 7.59. The first-order valence-corrected chi connectivity index (χ1v) is 11.4. The minimum atomic E-state index is -3.46. The molecule has 3 rings (SSSR count). The summed E-state index contributed by atoms with van der Waals surface area (Å²) in [6.45, 7) is 1.17. The molecule has 0 aromatic heterocycles. The number of ether oxygens (including phenoxy) is 2. The largest absolute Gasteiger partial charge is 0.486 e. The van der Waals surface area contributed by atoms with E-state index in [1.165, 1.54) is 17.0 Å². The fraction of sp³-hybridized carbons (Fsp3) is 0.632. The molecule has 1 saturated carbocycles. The van der Waals surface area contributed by atoms with Gasteiger partial charge in [-0.3, -0.25) is 9.10 Å². The molecule has 2 aliphatic rings. The number of anilines is 1. The number of hydrogen-bond acceptors (Lipinski definition) is 5. The van der Waals surface area contributed by atoms with Gasteiger partial charge in [-0.25, -0.2) is 8.42 Å². The van der Waals surface area contributed by atoms with Crippen LogP contribution in [-0.4, -0.2) is 46.4 Å². The number of nitrogens with one attached hydrogen (secondary N) is 1. The van der Waals surface area contributed by atoms with Crippen LogP contribution in [0.25, 0.3) is 0 Å². The second-order valence-electron chi connectivity index (χ2n) is 7.17. The average Bonchev–Trinajstić information content (AvgIpc) is 2.65. The Bertz CT molecular complexity index is 759. The lowest BCUT2D eigenvalue weighted by Crippen LogP contribution is -2.37. The lowest BCUT2D eigenvalue weighted by molar-refractivity contribution is -0.122. The monoisotopic (exact) mass is 396 g/mol. The average molecular weight is 397 g/mol. The molecule has 1 heterocycles. The molecule has 1 aliphatic carbocycles.